The third-order valence-electron chi connectivity index (χ3n) is 4.53. The first-order valence-electron chi connectivity index (χ1n) is 9.32. The number of thiazole rings is 1. The normalized spacial score (nSPS) is 20.0. The van der Waals surface area contributed by atoms with Crippen LogP contribution in [-0.2, 0) is 11.2 Å². The Bertz CT molecular complexity index is 768. The highest BCUT2D eigenvalue weighted by Gasteiger charge is 2.28. The molecule has 0 radical (unpaired) electrons. The highest BCUT2D eigenvalue weighted by Crippen LogP contribution is 2.25. The number of guanidine groups is 1. The van der Waals surface area contributed by atoms with E-state index in [-0.39, 0.29) is 42.0 Å². The molecule has 3 rings (SSSR count). The van der Waals surface area contributed by atoms with Gasteiger partial charge < -0.3 is 15.0 Å². The molecule has 0 saturated carbocycles. The van der Waals surface area contributed by atoms with E-state index >= 15 is 0 Å². The average Bonchev–Trinajstić information content (AvgIpc) is 3.07. The van der Waals surface area contributed by atoms with E-state index in [1.54, 1.807) is 30.5 Å². The Morgan fingerprint density at radius 2 is 2.11 bits per heavy atom. The minimum Gasteiger partial charge on any atom is -0.367 e. The summed E-state index contributed by atoms with van der Waals surface area (Å²) in [7, 11) is 1.81. The van der Waals surface area contributed by atoms with E-state index in [1.165, 1.54) is 17.1 Å². The first kappa shape index (κ1) is 23.0. The van der Waals surface area contributed by atoms with Gasteiger partial charge in [0, 0.05) is 37.6 Å². The summed E-state index contributed by atoms with van der Waals surface area (Å²) in [6.45, 7) is 6.40. The first-order valence-corrected chi connectivity index (χ1v) is 10.2. The molecule has 2 atom stereocenters. The van der Waals surface area contributed by atoms with Crippen molar-refractivity contribution < 1.29 is 9.13 Å². The largest absolute Gasteiger partial charge is 0.367 e. The van der Waals surface area contributed by atoms with Crippen LogP contribution < -0.4 is 5.32 Å². The van der Waals surface area contributed by atoms with Crippen LogP contribution in [0.3, 0.4) is 0 Å². The molecule has 5 nitrogen and oxygen atoms in total. The molecule has 8 heteroatoms. The van der Waals surface area contributed by atoms with Crippen molar-refractivity contribution in [3.63, 3.8) is 0 Å². The van der Waals surface area contributed by atoms with Crippen LogP contribution in [0.5, 0.6) is 0 Å². The lowest BCUT2D eigenvalue weighted by Crippen LogP contribution is -2.50. The van der Waals surface area contributed by atoms with Crippen LogP contribution in [0.15, 0.2) is 34.6 Å². The van der Waals surface area contributed by atoms with Crippen molar-refractivity contribution in [1.29, 1.82) is 0 Å². The molecule has 2 unspecified atom stereocenters. The molecule has 0 amide bonds. The van der Waals surface area contributed by atoms with Gasteiger partial charge in [0.2, 0.25) is 0 Å². The van der Waals surface area contributed by atoms with Crippen molar-refractivity contribution in [3.05, 3.63) is 51.7 Å². The molecule has 154 valence electrons. The van der Waals surface area contributed by atoms with Gasteiger partial charge in [-0.05, 0) is 38.0 Å². The van der Waals surface area contributed by atoms with Gasteiger partial charge in [0.25, 0.3) is 0 Å². The summed E-state index contributed by atoms with van der Waals surface area (Å²) in [5, 5.41) is 6.73. The second-order valence-electron chi connectivity index (χ2n) is 6.85. The standard InChI is InChI=1S/C20H27FN4OS.HI/c1-14-13-27-19(24-14)5-4-10-23-20(22-3)25-11-15(2)26-18(12-25)16-6-8-17(21)9-7-16;/h6-9,13,15,18H,4-5,10-12H2,1-3H3,(H,22,23);1H. The number of ether oxygens (including phenoxy) is 1. The molecule has 1 aromatic heterocycles. The van der Waals surface area contributed by atoms with Crippen molar-refractivity contribution in [2.45, 2.75) is 38.9 Å². The van der Waals surface area contributed by atoms with Gasteiger partial charge in [-0.25, -0.2) is 9.37 Å². The van der Waals surface area contributed by atoms with Crippen molar-refractivity contribution >= 4 is 41.3 Å². The number of aliphatic imine (C=N–C) groups is 1. The van der Waals surface area contributed by atoms with E-state index < -0.39 is 0 Å². The predicted octanol–water partition coefficient (Wildman–Crippen LogP) is 4.18. The minimum atomic E-state index is -0.229. The number of halogens is 2. The number of rotatable bonds is 5. The van der Waals surface area contributed by atoms with E-state index in [1.807, 2.05) is 6.92 Å². The van der Waals surface area contributed by atoms with Crippen molar-refractivity contribution in [1.82, 2.24) is 15.2 Å². The molecule has 0 spiro atoms. The maximum absolute atomic E-state index is 13.2. The zero-order valence-corrected chi connectivity index (χ0v) is 19.7. The van der Waals surface area contributed by atoms with Gasteiger partial charge in [-0.2, -0.15) is 0 Å². The fourth-order valence-corrected chi connectivity index (χ4v) is 4.09. The third-order valence-corrected chi connectivity index (χ3v) is 5.56. The van der Waals surface area contributed by atoms with Gasteiger partial charge >= 0.3 is 0 Å². The zero-order chi connectivity index (χ0) is 19.2. The molecular formula is C20H28FIN4OS. The fourth-order valence-electron chi connectivity index (χ4n) is 3.28. The monoisotopic (exact) mass is 518 g/mol. The summed E-state index contributed by atoms with van der Waals surface area (Å²) >= 11 is 1.72. The molecule has 0 aliphatic carbocycles. The van der Waals surface area contributed by atoms with Gasteiger partial charge in [0.05, 0.1) is 17.7 Å². The second kappa shape index (κ2) is 11.1. The van der Waals surface area contributed by atoms with Gasteiger partial charge in [-0.1, -0.05) is 12.1 Å². The Kier molecular flexibility index (Phi) is 9.10. The number of hydrogen-bond acceptors (Lipinski definition) is 4. The fraction of sp³-hybridized carbons (Fsp3) is 0.500. The Balaban J connectivity index is 0.00000280. The van der Waals surface area contributed by atoms with Crippen LogP contribution in [0.2, 0.25) is 0 Å². The molecule has 1 N–H and O–H groups in total. The third kappa shape index (κ3) is 6.38. The van der Waals surface area contributed by atoms with Crippen LogP contribution >= 0.6 is 35.3 Å². The Morgan fingerprint density at radius 1 is 1.36 bits per heavy atom. The summed E-state index contributed by atoms with van der Waals surface area (Å²) in [5.74, 6) is 0.653. The summed E-state index contributed by atoms with van der Waals surface area (Å²) < 4.78 is 19.3. The molecule has 0 bridgehead atoms. The summed E-state index contributed by atoms with van der Waals surface area (Å²) in [6.07, 6.45) is 1.96. The van der Waals surface area contributed by atoms with Gasteiger partial charge in [-0.3, -0.25) is 4.99 Å². The van der Waals surface area contributed by atoms with E-state index in [0.29, 0.717) is 6.54 Å². The minimum absolute atomic E-state index is 0. The predicted molar refractivity (Wildman–Crippen MR) is 123 cm³/mol. The molecule has 2 aromatic rings. The molecule has 1 aliphatic heterocycles. The number of benzene rings is 1. The molecule has 28 heavy (non-hydrogen) atoms. The number of nitrogens with zero attached hydrogens (tertiary/aromatic N) is 3. The lowest BCUT2D eigenvalue weighted by atomic mass is 10.1. The second-order valence-corrected chi connectivity index (χ2v) is 7.79. The molecule has 1 fully saturated rings. The molecule has 1 saturated heterocycles. The van der Waals surface area contributed by atoms with E-state index in [2.05, 4.69) is 32.5 Å². The quantitative estimate of drug-likeness (QED) is 0.279. The van der Waals surface area contributed by atoms with Gasteiger partial charge in [-0.15, -0.1) is 35.3 Å². The van der Waals surface area contributed by atoms with E-state index in [0.717, 1.165) is 43.1 Å². The smallest absolute Gasteiger partial charge is 0.193 e. The lowest BCUT2D eigenvalue weighted by molar-refractivity contribution is -0.0605. The Hall–Kier alpha value is -1.26. The van der Waals surface area contributed by atoms with Crippen molar-refractivity contribution in [2.24, 2.45) is 4.99 Å². The maximum Gasteiger partial charge on any atom is 0.193 e. The van der Waals surface area contributed by atoms with Crippen LogP contribution in [0.25, 0.3) is 0 Å². The highest BCUT2D eigenvalue weighted by atomic mass is 127. The maximum atomic E-state index is 13.2. The molecule has 1 aliphatic rings. The summed E-state index contributed by atoms with van der Waals surface area (Å²) in [6, 6.07) is 6.55. The number of nitrogens with one attached hydrogen (secondary N) is 1. The van der Waals surface area contributed by atoms with Gasteiger partial charge in [0.1, 0.15) is 11.9 Å². The Labute approximate surface area is 187 Å². The van der Waals surface area contributed by atoms with Crippen LogP contribution in [0.4, 0.5) is 4.39 Å². The summed E-state index contributed by atoms with van der Waals surface area (Å²) in [5.41, 5.74) is 2.08. The van der Waals surface area contributed by atoms with Crippen molar-refractivity contribution in [3.8, 4) is 0 Å². The van der Waals surface area contributed by atoms with Crippen LogP contribution in [-0.4, -0.2) is 48.6 Å². The summed E-state index contributed by atoms with van der Waals surface area (Å²) in [4.78, 5) is 11.2. The topological polar surface area (TPSA) is 49.8 Å². The number of hydrogen-bond donors (Lipinski definition) is 1. The number of aromatic nitrogens is 1. The molecule has 1 aromatic carbocycles. The number of aryl methyl sites for hydroxylation is 2. The number of morpholine rings is 1. The molecule has 2 heterocycles. The van der Waals surface area contributed by atoms with Crippen molar-refractivity contribution in [2.75, 3.05) is 26.7 Å². The van der Waals surface area contributed by atoms with E-state index in [9.17, 15) is 4.39 Å². The zero-order valence-electron chi connectivity index (χ0n) is 16.5. The Morgan fingerprint density at radius 3 is 2.75 bits per heavy atom. The van der Waals surface area contributed by atoms with E-state index in [4.69, 9.17) is 4.74 Å². The SMILES string of the molecule is CN=C(NCCCc1nc(C)cs1)N1CC(C)OC(c2ccc(F)cc2)C1.I. The van der Waals surface area contributed by atoms with Crippen LogP contribution in [0, 0.1) is 12.7 Å². The highest BCUT2D eigenvalue weighted by molar-refractivity contribution is 14.0. The first-order chi connectivity index (χ1) is 13.0. The van der Waals surface area contributed by atoms with Crippen LogP contribution in [0.1, 0.15) is 35.7 Å². The molecular weight excluding hydrogens is 490 g/mol. The average molecular weight is 518 g/mol. The van der Waals surface area contributed by atoms with Gasteiger partial charge in [0.15, 0.2) is 5.96 Å². The lowest BCUT2D eigenvalue weighted by Gasteiger charge is -2.38.